The Morgan fingerprint density at radius 3 is 2.83 bits per heavy atom. The molecule has 1 fully saturated rings. The molecule has 1 N–H and O–H groups in total. The van der Waals surface area contributed by atoms with E-state index in [0.717, 1.165) is 24.8 Å². The molecule has 2 aromatic heterocycles. The van der Waals surface area contributed by atoms with Crippen LogP contribution in [0.15, 0.2) is 21.6 Å². The highest BCUT2D eigenvalue weighted by atomic mass is 32.1. The molecule has 29 heavy (non-hydrogen) atoms. The first-order valence-electron chi connectivity index (χ1n) is 9.89. The summed E-state index contributed by atoms with van der Waals surface area (Å²) in [4.78, 5) is 37.6. The highest BCUT2D eigenvalue weighted by molar-refractivity contribution is 7.08. The van der Waals surface area contributed by atoms with Gasteiger partial charge in [-0.1, -0.05) is 19.8 Å². The number of esters is 1. The number of aromatic nitrogens is 1. The summed E-state index contributed by atoms with van der Waals surface area (Å²) in [6, 6.07) is 2.06. The van der Waals surface area contributed by atoms with Crippen LogP contribution in [-0.4, -0.2) is 29.1 Å². The smallest absolute Gasteiger partial charge is 0.333 e. The van der Waals surface area contributed by atoms with Gasteiger partial charge in [0.2, 0.25) is 5.91 Å². The standard InChI is InChI=1S/C21H26N2O4S2/c1-3-27-20(25)11-19-23(12-18(24)22-16-7-5-4-6-14(16)2)21(26)17(29-19)10-15-8-9-28-13-15/h8-11,13-14,16H,3-7,12H2,1-2H3,(H,22,24)/b17-10+,19-11-. The average Bonchev–Trinajstić information content (AvgIpc) is 3.28. The number of hydrogen-bond acceptors (Lipinski definition) is 6. The number of hydrogen-bond donors (Lipinski definition) is 1. The third-order valence-corrected chi connectivity index (χ3v) is 6.83. The van der Waals surface area contributed by atoms with Crippen LogP contribution in [0.3, 0.4) is 0 Å². The lowest BCUT2D eigenvalue weighted by Crippen LogP contribution is -2.45. The molecule has 0 radical (unpaired) electrons. The van der Waals surface area contributed by atoms with E-state index in [0.29, 0.717) is 15.1 Å². The first-order chi connectivity index (χ1) is 14.0. The number of rotatable bonds is 6. The summed E-state index contributed by atoms with van der Waals surface area (Å²) in [6.07, 6.45) is 7.43. The summed E-state index contributed by atoms with van der Waals surface area (Å²) in [6.45, 7) is 4.01. The maximum Gasteiger partial charge on any atom is 0.333 e. The molecular formula is C21H26N2O4S2. The van der Waals surface area contributed by atoms with Crippen molar-refractivity contribution in [3.8, 4) is 0 Å². The fourth-order valence-electron chi connectivity index (χ4n) is 3.51. The molecule has 0 spiro atoms. The van der Waals surface area contributed by atoms with Crippen molar-refractivity contribution < 1.29 is 14.3 Å². The predicted octanol–water partition coefficient (Wildman–Crippen LogP) is 1.84. The molecule has 156 valence electrons. The Kier molecular flexibility index (Phi) is 7.44. The van der Waals surface area contributed by atoms with Gasteiger partial charge in [-0.05, 0) is 54.1 Å². The molecule has 2 unspecified atom stereocenters. The zero-order valence-electron chi connectivity index (χ0n) is 16.7. The van der Waals surface area contributed by atoms with Crippen molar-refractivity contribution in [1.82, 2.24) is 9.88 Å². The van der Waals surface area contributed by atoms with E-state index in [1.807, 2.05) is 16.8 Å². The average molecular weight is 435 g/mol. The third-order valence-electron chi connectivity index (χ3n) is 5.06. The SMILES string of the molecule is CCOC(=O)/C=c1\s/c(=C/c2ccsc2)c(=O)n1CC(=O)NC1CCCCC1C. The van der Waals surface area contributed by atoms with Gasteiger partial charge < -0.3 is 10.1 Å². The number of nitrogens with one attached hydrogen (secondary N) is 1. The van der Waals surface area contributed by atoms with E-state index in [1.54, 1.807) is 24.3 Å². The topological polar surface area (TPSA) is 77.4 Å². The predicted molar refractivity (Wildman–Crippen MR) is 116 cm³/mol. The summed E-state index contributed by atoms with van der Waals surface area (Å²) in [7, 11) is 0. The number of carbonyl (C=O) groups is 2. The molecule has 2 heterocycles. The number of nitrogens with zero attached hydrogens (tertiary/aromatic N) is 1. The number of ether oxygens (including phenoxy) is 1. The first-order valence-corrected chi connectivity index (χ1v) is 11.6. The number of thiophene rings is 1. The Bertz CT molecular complexity index is 1020. The van der Waals surface area contributed by atoms with E-state index in [1.165, 1.54) is 28.4 Å². The molecule has 3 rings (SSSR count). The highest BCUT2D eigenvalue weighted by Gasteiger charge is 2.23. The van der Waals surface area contributed by atoms with E-state index in [4.69, 9.17) is 4.74 Å². The number of amides is 1. The molecule has 0 aromatic carbocycles. The lowest BCUT2D eigenvalue weighted by Gasteiger charge is -2.29. The minimum Gasteiger partial charge on any atom is -0.463 e. The maximum absolute atomic E-state index is 12.9. The maximum atomic E-state index is 12.9. The molecule has 6 nitrogen and oxygen atoms in total. The summed E-state index contributed by atoms with van der Waals surface area (Å²) in [5, 5.41) is 6.95. The molecule has 8 heteroatoms. The van der Waals surface area contributed by atoms with Gasteiger partial charge in [0.15, 0.2) is 0 Å². The van der Waals surface area contributed by atoms with E-state index in [9.17, 15) is 14.4 Å². The molecule has 0 aliphatic heterocycles. The Morgan fingerprint density at radius 2 is 2.14 bits per heavy atom. The van der Waals surface area contributed by atoms with Crippen LogP contribution in [0.4, 0.5) is 0 Å². The molecule has 0 saturated heterocycles. The van der Waals surface area contributed by atoms with Crippen LogP contribution in [-0.2, 0) is 20.9 Å². The molecule has 1 aliphatic carbocycles. The fraction of sp³-hybridized carbons (Fsp3) is 0.476. The monoisotopic (exact) mass is 434 g/mol. The van der Waals surface area contributed by atoms with Crippen LogP contribution in [0.1, 0.15) is 45.1 Å². The van der Waals surface area contributed by atoms with Crippen LogP contribution in [0.5, 0.6) is 0 Å². The summed E-state index contributed by atoms with van der Waals surface area (Å²) >= 11 is 2.73. The fourth-order valence-corrected chi connectivity index (χ4v) is 5.16. The molecular weight excluding hydrogens is 408 g/mol. The van der Waals surface area contributed by atoms with E-state index < -0.39 is 5.97 Å². The molecule has 2 atom stereocenters. The normalized spacial score (nSPS) is 20.6. The van der Waals surface area contributed by atoms with Gasteiger partial charge in [-0.15, -0.1) is 11.3 Å². The Balaban J connectivity index is 1.91. The van der Waals surface area contributed by atoms with Crippen LogP contribution in [0.25, 0.3) is 12.2 Å². The lowest BCUT2D eigenvalue weighted by atomic mass is 9.86. The highest BCUT2D eigenvalue weighted by Crippen LogP contribution is 2.23. The van der Waals surface area contributed by atoms with Crippen LogP contribution >= 0.6 is 22.7 Å². The van der Waals surface area contributed by atoms with Crippen LogP contribution in [0.2, 0.25) is 0 Å². The van der Waals surface area contributed by atoms with E-state index >= 15 is 0 Å². The van der Waals surface area contributed by atoms with E-state index in [2.05, 4.69) is 12.2 Å². The second-order valence-corrected chi connectivity index (χ2v) is 9.07. The van der Waals surface area contributed by atoms with Gasteiger partial charge in [-0.3, -0.25) is 14.2 Å². The van der Waals surface area contributed by atoms with Crippen molar-refractivity contribution in [1.29, 1.82) is 0 Å². The number of carbonyl (C=O) groups excluding carboxylic acids is 2. The first kappa shape index (κ1) is 21.5. The van der Waals surface area contributed by atoms with Gasteiger partial charge in [-0.25, -0.2) is 4.79 Å². The van der Waals surface area contributed by atoms with Crippen molar-refractivity contribution in [3.05, 3.63) is 41.9 Å². The minimum absolute atomic E-state index is 0.110. The van der Waals surface area contributed by atoms with Crippen molar-refractivity contribution in [2.45, 2.75) is 52.1 Å². The molecule has 1 aliphatic rings. The summed E-state index contributed by atoms with van der Waals surface area (Å²) < 4.78 is 7.25. The molecule has 2 aromatic rings. The van der Waals surface area contributed by atoms with E-state index in [-0.39, 0.29) is 30.7 Å². The van der Waals surface area contributed by atoms with Crippen molar-refractivity contribution in [3.63, 3.8) is 0 Å². The largest absolute Gasteiger partial charge is 0.463 e. The van der Waals surface area contributed by atoms with Gasteiger partial charge in [0.05, 0.1) is 17.2 Å². The minimum atomic E-state index is -0.522. The molecule has 0 bridgehead atoms. The summed E-state index contributed by atoms with van der Waals surface area (Å²) in [5.74, 6) is -0.296. The Labute approximate surface area is 177 Å². The Morgan fingerprint density at radius 1 is 1.34 bits per heavy atom. The quantitative estimate of drug-likeness (QED) is 0.704. The lowest BCUT2D eigenvalue weighted by molar-refractivity contribution is -0.135. The van der Waals surface area contributed by atoms with Gasteiger partial charge in [0.25, 0.3) is 5.56 Å². The Hall–Kier alpha value is -2.19. The zero-order chi connectivity index (χ0) is 20.8. The third kappa shape index (κ3) is 5.67. The van der Waals surface area contributed by atoms with Crippen molar-refractivity contribution in [2.24, 2.45) is 5.92 Å². The number of thiazole rings is 1. The van der Waals surface area contributed by atoms with Gasteiger partial charge in [0, 0.05) is 6.04 Å². The second-order valence-electron chi connectivity index (χ2n) is 7.23. The zero-order valence-corrected chi connectivity index (χ0v) is 18.3. The van der Waals surface area contributed by atoms with Crippen LogP contribution < -0.4 is 20.1 Å². The van der Waals surface area contributed by atoms with Crippen molar-refractivity contribution in [2.75, 3.05) is 6.61 Å². The summed E-state index contributed by atoms with van der Waals surface area (Å²) in [5.41, 5.74) is 0.646. The van der Waals surface area contributed by atoms with Gasteiger partial charge in [0.1, 0.15) is 11.2 Å². The second kappa shape index (κ2) is 10.0. The van der Waals surface area contributed by atoms with Gasteiger partial charge >= 0.3 is 5.97 Å². The van der Waals surface area contributed by atoms with Crippen LogP contribution in [0, 0.1) is 5.92 Å². The van der Waals surface area contributed by atoms with Gasteiger partial charge in [-0.2, -0.15) is 11.3 Å². The molecule has 1 saturated carbocycles. The molecule has 1 amide bonds. The van der Waals surface area contributed by atoms with Crippen molar-refractivity contribution >= 4 is 46.7 Å².